The van der Waals surface area contributed by atoms with Crippen LogP contribution in [0.15, 0.2) is 0 Å². The first-order valence-electron chi connectivity index (χ1n) is 3.47. The summed E-state index contributed by atoms with van der Waals surface area (Å²) in [6.45, 7) is 1.63. The van der Waals surface area contributed by atoms with E-state index < -0.39 is 24.4 Å². The Morgan fingerprint density at radius 1 is 1.45 bits per heavy atom. The minimum atomic E-state index is -4.22. The lowest BCUT2D eigenvalue weighted by Gasteiger charge is -2.43. The topological polar surface area (TPSA) is 32.3 Å². The molecule has 2 nitrogen and oxygen atoms in total. The van der Waals surface area contributed by atoms with Crippen molar-refractivity contribution in [3.05, 3.63) is 0 Å². The molecule has 0 aromatic heterocycles. The van der Waals surface area contributed by atoms with E-state index in [9.17, 15) is 13.2 Å². The summed E-state index contributed by atoms with van der Waals surface area (Å²) in [5.41, 5.74) is 0. The van der Waals surface area contributed by atoms with Crippen molar-refractivity contribution in [2.24, 2.45) is 5.92 Å². The van der Waals surface area contributed by atoms with Gasteiger partial charge in [0.1, 0.15) is 12.3 Å². The molecule has 1 saturated heterocycles. The van der Waals surface area contributed by atoms with Gasteiger partial charge in [0.15, 0.2) is 0 Å². The molecule has 0 aromatic carbocycles. The lowest BCUT2D eigenvalue weighted by atomic mass is 9.86. The Labute approximate surface area is 62.4 Å². The molecule has 1 heterocycles. The quantitative estimate of drug-likeness (QED) is 0.610. The van der Waals surface area contributed by atoms with Crippen molar-refractivity contribution in [2.75, 3.05) is 0 Å². The zero-order valence-electron chi connectivity index (χ0n) is 6.02. The zero-order valence-corrected chi connectivity index (χ0v) is 6.02. The maximum absolute atomic E-state index is 11.9. The molecule has 0 saturated carbocycles. The molecule has 0 aromatic rings. The third kappa shape index (κ3) is 1.49. The van der Waals surface area contributed by atoms with Gasteiger partial charge in [0.2, 0.25) is 0 Å². The van der Waals surface area contributed by atoms with E-state index in [1.165, 1.54) is 0 Å². The fourth-order valence-electron chi connectivity index (χ4n) is 1.29. The predicted molar refractivity (Wildman–Crippen MR) is 32.8 cm³/mol. The largest absolute Gasteiger partial charge is 0.404 e. The molecule has 1 rings (SSSR count). The summed E-state index contributed by atoms with van der Waals surface area (Å²) in [4.78, 5) is 0. The fourth-order valence-corrected chi connectivity index (χ4v) is 1.29. The highest BCUT2D eigenvalue weighted by Gasteiger charge is 2.53. The summed E-state index contributed by atoms with van der Waals surface area (Å²) in [5, 5.41) is 10.8. The summed E-state index contributed by atoms with van der Waals surface area (Å²) in [5.74, 6) is -0.671. The summed E-state index contributed by atoms with van der Waals surface area (Å²) in [6, 6.07) is -1.51. The SMILES string of the molecule is CC[C@@H]1C(O)NC1C(F)(F)F. The Hall–Kier alpha value is -0.290. The van der Waals surface area contributed by atoms with Crippen molar-refractivity contribution in [3.63, 3.8) is 0 Å². The van der Waals surface area contributed by atoms with Crippen LogP contribution in [-0.2, 0) is 0 Å². The molecule has 1 aliphatic rings. The van der Waals surface area contributed by atoms with Crippen LogP contribution in [0.3, 0.4) is 0 Å². The average molecular weight is 169 g/mol. The monoisotopic (exact) mass is 169 g/mol. The summed E-state index contributed by atoms with van der Waals surface area (Å²) < 4.78 is 35.8. The smallest absolute Gasteiger partial charge is 0.378 e. The molecular formula is C6H10F3NO. The molecule has 11 heavy (non-hydrogen) atoms. The van der Waals surface area contributed by atoms with Gasteiger partial charge in [0.05, 0.1) is 0 Å². The molecule has 5 heteroatoms. The number of hydrogen-bond acceptors (Lipinski definition) is 2. The van der Waals surface area contributed by atoms with Gasteiger partial charge in [-0.3, -0.25) is 5.32 Å². The zero-order chi connectivity index (χ0) is 8.65. The standard InChI is InChI=1S/C6H10F3NO/c1-2-3-4(6(7,8)9)10-5(3)11/h3-5,10-11H,2H2,1H3/t3-,4?,5?/m0/s1. The van der Waals surface area contributed by atoms with Crippen molar-refractivity contribution < 1.29 is 18.3 Å². The van der Waals surface area contributed by atoms with E-state index in [-0.39, 0.29) is 0 Å². The second-order valence-corrected chi connectivity index (χ2v) is 2.70. The molecule has 1 aliphatic heterocycles. The molecule has 2 unspecified atom stereocenters. The fraction of sp³-hybridized carbons (Fsp3) is 1.00. The van der Waals surface area contributed by atoms with E-state index in [0.29, 0.717) is 6.42 Å². The van der Waals surface area contributed by atoms with Crippen LogP contribution in [-0.4, -0.2) is 23.6 Å². The van der Waals surface area contributed by atoms with Crippen LogP contribution in [0, 0.1) is 5.92 Å². The normalized spacial score (nSPS) is 38.5. The number of aliphatic hydroxyl groups is 1. The number of nitrogens with one attached hydrogen (secondary N) is 1. The van der Waals surface area contributed by atoms with Crippen LogP contribution in [0.1, 0.15) is 13.3 Å². The number of rotatable bonds is 1. The van der Waals surface area contributed by atoms with Gasteiger partial charge in [-0.25, -0.2) is 0 Å². The number of hydrogen-bond donors (Lipinski definition) is 2. The van der Waals surface area contributed by atoms with Crippen molar-refractivity contribution >= 4 is 0 Å². The van der Waals surface area contributed by atoms with Crippen LogP contribution in [0.5, 0.6) is 0 Å². The van der Waals surface area contributed by atoms with Crippen molar-refractivity contribution in [1.29, 1.82) is 0 Å². The second kappa shape index (κ2) is 2.64. The van der Waals surface area contributed by atoms with E-state index >= 15 is 0 Å². The molecule has 0 spiro atoms. The second-order valence-electron chi connectivity index (χ2n) is 2.70. The first-order valence-corrected chi connectivity index (χ1v) is 3.47. The van der Waals surface area contributed by atoms with Gasteiger partial charge in [-0.1, -0.05) is 6.92 Å². The molecule has 1 fully saturated rings. The van der Waals surface area contributed by atoms with E-state index in [1.807, 2.05) is 5.32 Å². The lowest BCUT2D eigenvalue weighted by Crippen LogP contribution is -2.67. The van der Waals surface area contributed by atoms with Gasteiger partial charge in [-0.2, -0.15) is 13.2 Å². The maximum Gasteiger partial charge on any atom is 0.404 e. The highest BCUT2D eigenvalue weighted by Crippen LogP contribution is 2.35. The minimum Gasteiger partial charge on any atom is -0.378 e. The van der Waals surface area contributed by atoms with E-state index in [2.05, 4.69) is 0 Å². The van der Waals surface area contributed by atoms with Gasteiger partial charge < -0.3 is 5.11 Å². The highest BCUT2D eigenvalue weighted by atomic mass is 19.4. The maximum atomic E-state index is 11.9. The first kappa shape index (κ1) is 8.80. The average Bonchev–Trinajstić information content (AvgIpc) is 1.81. The highest BCUT2D eigenvalue weighted by molar-refractivity contribution is 4.95. The lowest BCUT2D eigenvalue weighted by molar-refractivity contribution is -0.222. The third-order valence-corrected chi connectivity index (χ3v) is 2.01. The van der Waals surface area contributed by atoms with Crippen molar-refractivity contribution in [2.45, 2.75) is 31.8 Å². The Morgan fingerprint density at radius 3 is 2.18 bits per heavy atom. The van der Waals surface area contributed by atoms with Crippen LogP contribution in [0.25, 0.3) is 0 Å². The van der Waals surface area contributed by atoms with Crippen molar-refractivity contribution in [1.82, 2.24) is 5.32 Å². The van der Waals surface area contributed by atoms with E-state index in [0.717, 1.165) is 0 Å². The summed E-state index contributed by atoms with van der Waals surface area (Å²) in [6.07, 6.45) is -4.86. The number of halogens is 3. The molecule has 3 atom stereocenters. The Bertz CT molecular complexity index is 147. The Kier molecular flexibility index (Phi) is 2.11. The molecule has 0 radical (unpaired) electrons. The molecule has 2 N–H and O–H groups in total. The minimum absolute atomic E-state index is 0.346. The molecule has 66 valence electrons. The van der Waals surface area contributed by atoms with Gasteiger partial charge in [0, 0.05) is 5.92 Å². The third-order valence-electron chi connectivity index (χ3n) is 2.01. The molecular weight excluding hydrogens is 159 g/mol. The number of aliphatic hydroxyl groups excluding tert-OH is 1. The molecule has 0 aliphatic carbocycles. The van der Waals surface area contributed by atoms with E-state index in [4.69, 9.17) is 5.11 Å². The Balaban J connectivity index is 2.51. The first-order chi connectivity index (χ1) is 4.96. The Morgan fingerprint density at radius 2 is 2.00 bits per heavy atom. The van der Waals surface area contributed by atoms with Gasteiger partial charge in [-0.15, -0.1) is 0 Å². The molecule has 0 amide bonds. The van der Waals surface area contributed by atoms with Crippen LogP contribution in [0.2, 0.25) is 0 Å². The molecule has 0 bridgehead atoms. The van der Waals surface area contributed by atoms with Gasteiger partial charge in [-0.05, 0) is 6.42 Å². The number of alkyl halides is 3. The van der Waals surface area contributed by atoms with Gasteiger partial charge >= 0.3 is 6.18 Å². The van der Waals surface area contributed by atoms with Crippen LogP contribution < -0.4 is 5.32 Å². The summed E-state index contributed by atoms with van der Waals surface area (Å²) in [7, 11) is 0. The van der Waals surface area contributed by atoms with Crippen molar-refractivity contribution in [3.8, 4) is 0 Å². The van der Waals surface area contributed by atoms with Crippen LogP contribution in [0.4, 0.5) is 13.2 Å². The van der Waals surface area contributed by atoms with Crippen LogP contribution >= 0.6 is 0 Å². The summed E-state index contributed by atoms with van der Waals surface area (Å²) >= 11 is 0. The van der Waals surface area contributed by atoms with Gasteiger partial charge in [0.25, 0.3) is 0 Å². The predicted octanol–water partition coefficient (Wildman–Crippen LogP) is 0.865. The van der Waals surface area contributed by atoms with E-state index in [1.54, 1.807) is 6.92 Å².